The summed E-state index contributed by atoms with van der Waals surface area (Å²) < 4.78 is 36.4. The number of benzene rings is 2. The zero-order valence-electron chi connectivity index (χ0n) is 12.1. The molecule has 0 amide bonds. The molecule has 24 heavy (non-hydrogen) atoms. The minimum absolute atomic E-state index is 0.0926. The van der Waals surface area contributed by atoms with E-state index in [9.17, 15) is 22.8 Å². The van der Waals surface area contributed by atoms with Crippen LogP contribution in [0.1, 0.15) is 31.8 Å². The summed E-state index contributed by atoms with van der Waals surface area (Å²) in [5.41, 5.74) is -1.24. The van der Waals surface area contributed by atoms with E-state index in [4.69, 9.17) is 15.3 Å². The number of carbonyl (C=O) groups is 2. The fourth-order valence-corrected chi connectivity index (χ4v) is 1.79. The van der Waals surface area contributed by atoms with Gasteiger partial charge >= 0.3 is 18.1 Å². The van der Waals surface area contributed by atoms with E-state index in [1.165, 1.54) is 42.5 Å². The summed E-state index contributed by atoms with van der Waals surface area (Å²) in [5, 5.41) is 25.7. The maximum Gasteiger partial charge on any atom is 0.416 e. The van der Waals surface area contributed by atoms with Gasteiger partial charge in [-0.25, -0.2) is 9.59 Å². The molecular weight excluding hydrogens is 329 g/mol. The maximum absolute atomic E-state index is 12.1. The van der Waals surface area contributed by atoms with E-state index >= 15 is 0 Å². The largest absolute Gasteiger partial charge is 0.478 e. The lowest BCUT2D eigenvalue weighted by atomic mass is 10.1. The second kappa shape index (κ2) is 8.11. The molecule has 0 aliphatic rings. The summed E-state index contributed by atoms with van der Waals surface area (Å²) in [7, 11) is 0. The molecule has 0 saturated heterocycles. The lowest BCUT2D eigenvalue weighted by Crippen LogP contribution is -2.08. The molecule has 0 bridgehead atoms. The molecule has 0 heterocycles. The first-order chi connectivity index (χ1) is 11.2. The number of aromatic carboxylic acids is 2. The second-order valence-electron chi connectivity index (χ2n) is 4.47. The zero-order valence-corrected chi connectivity index (χ0v) is 12.1. The van der Waals surface area contributed by atoms with Crippen LogP contribution in [0.25, 0.3) is 0 Å². The molecule has 0 atom stereocenters. The highest BCUT2D eigenvalue weighted by Crippen LogP contribution is 2.31. The van der Waals surface area contributed by atoms with Crippen LogP contribution in [0.5, 0.6) is 0 Å². The van der Waals surface area contributed by atoms with Crippen LogP contribution in [-0.2, 0) is 12.8 Å². The van der Waals surface area contributed by atoms with Crippen LogP contribution >= 0.6 is 0 Å². The lowest BCUT2D eigenvalue weighted by molar-refractivity contribution is -0.138. The van der Waals surface area contributed by atoms with Crippen molar-refractivity contribution >= 4 is 11.9 Å². The van der Waals surface area contributed by atoms with Crippen LogP contribution in [0.15, 0.2) is 48.5 Å². The predicted molar refractivity (Wildman–Crippen MR) is 77.7 cm³/mol. The molecule has 2 rings (SSSR count). The van der Waals surface area contributed by atoms with E-state index in [0.717, 1.165) is 6.07 Å². The Morgan fingerprint density at radius 3 is 1.58 bits per heavy atom. The van der Waals surface area contributed by atoms with Crippen LogP contribution in [0.4, 0.5) is 13.2 Å². The van der Waals surface area contributed by atoms with Crippen molar-refractivity contribution in [1.29, 1.82) is 0 Å². The van der Waals surface area contributed by atoms with E-state index < -0.39 is 30.3 Å². The maximum atomic E-state index is 12.1. The summed E-state index contributed by atoms with van der Waals surface area (Å²) in [6.07, 6.45) is -4.38. The quantitative estimate of drug-likeness (QED) is 0.796. The first kappa shape index (κ1) is 19.2. The molecule has 0 aromatic heterocycles. The molecule has 3 N–H and O–H groups in total. The molecule has 0 unspecified atom stereocenters. The molecule has 0 saturated carbocycles. The highest BCUT2D eigenvalue weighted by atomic mass is 19.4. The van der Waals surface area contributed by atoms with E-state index in [1.807, 2.05) is 0 Å². The zero-order chi connectivity index (χ0) is 18.3. The van der Waals surface area contributed by atoms with Gasteiger partial charge in [0.15, 0.2) is 0 Å². The Balaban J connectivity index is 0.000000240. The van der Waals surface area contributed by atoms with Crippen molar-refractivity contribution in [3.63, 3.8) is 0 Å². The molecule has 2 aromatic carbocycles. The number of aliphatic hydroxyl groups excluding tert-OH is 1. The fourth-order valence-electron chi connectivity index (χ4n) is 1.79. The third-order valence-corrected chi connectivity index (χ3v) is 2.88. The molecule has 0 aliphatic heterocycles. The molecule has 2 aromatic rings. The van der Waals surface area contributed by atoms with E-state index in [2.05, 4.69) is 0 Å². The highest BCUT2D eigenvalue weighted by molar-refractivity contribution is 6.01. The summed E-state index contributed by atoms with van der Waals surface area (Å²) in [5.74, 6) is -2.46. The molecule has 0 fully saturated rings. The Kier molecular flexibility index (Phi) is 6.48. The van der Waals surface area contributed by atoms with Crippen molar-refractivity contribution in [3.8, 4) is 0 Å². The number of hydrogen-bond donors (Lipinski definition) is 3. The van der Waals surface area contributed by atoms with Gasteiger partial charge in [-0.15, -0.1) is 0 Å². The molecule has 0 aliphatic carbocycles. The number of carboxylic acids is 2. The molecule has 0 spiro atoms. The van der Waals surface area contributed by atoms with E-state index in [1.54, 1.807) is 0 Å². The van der Waals surface area contributed by atoms with Crippen LogP contribution in [0.2, 0.25) is 0 Å². The van der Waals surface area contributed by atoms with Gasteiger partial charge < -0.3 is 15.3 Å². The standard InChI is InChI=1S/C8H7F3O.C8H6O4/c9-8(10,11)7-4-2-1-3-6(7)5-12;9-7(10)5-3-1-2-4-6(5)8(11)12/h1-4,12H,5H2;1-4H,(H,9,10)(H,11,12). The van der Waals surface area contributed by atoms with Gasteiger partial charge in [0.05, 0.1) is 23.3 Å². The molecule has 8 heteroatoms. The van der Waals surface area contributed by atoms with Crippen molar-refractivity contribution in [3.05, 3.63) is 70.8 Å². The Morgan fingerprint density at radius 2 is 1.25 bits per heavy atom. The predicted octanol–water partition coefficient (Wildman–Crippen LogP) is 3.28. The minimum Gasteiger partial charge on any atom is -0.478 e. The fraction of sp³-hybridized carbons (Fsp3) is 0.125. The first-order valence-corrected chi connectivity index (χ1v) is 6.50. The van der Waals surface area contributed by atoms with Crippen LogP contribution in [0.3, 0.4) is 0 Å². The minimum atomic E-state index is -4.38. The van der Waals surface area contributed by atoms with Gasteiger partial charge in [-0.1, -0.05) is 30.3 Å². The van der Waals surface area contributed by atoms with Crippen LogP contribution in [0, 0.1) is 0 Å². The Bertz CT molecular complexity index is 693. The Labute approximate surface area is 134 Å². The van der Waals surface area contributed by atoms with Crippen molar-refractivity contribution in [2.24, 2.45) is 0 Å². The smallest absolute Gasteiger partial charge is 0.416 e. The SMILES string of the molecule is O=C(O)c1ccccc1C(=O)O.OCc1ccccc1C(F)(F)F. The number of hydrogen-bond acceptors (Lipinski definition) is 3. The van der Waals surface area contributed by atoms with Gasteiger partial charge in [-0.2, -0.15) is 13.2 Å². The van der Waals surface area contributed by atoms with E-state index in [0.29, 0.717) is 0 Å². The van der Waals surface area contributed by atoms with Gasteiger partial charge in [0, 0.05) is 0 Å². The first-order valence-electron chi connectivity index (χ1n) is 6.50. The van der Waals surface area contributed by atoms with Gasteiger partial charge in [-0.05, 0) is 23.8 Å². The third kappa shape index (κ3) is 5.10. The summed E-state index contributed by atoms with van der Waals surface area (Å²) >= 11 is 0. The number of rotatable bonds is 3. The summed E-state index contributed by atoms with van der Waals surface area (Å²) in [6, 6.07) is 10.4. The number of halogens is 3. The van der Waals surface area contributed by atoms with Crippen molar-refractivity contribution in [1.82, 2.24) is 0 Å². The number of carboxylic acid groups (broad SMARTS) is 2. The molecule has 128 valence electrons. The topological polar surface area (TPSA) is 94.8 Å². The van der Waals surface area contributed by atoms with E-state index in [-0.39, 0.29) is 16.7 Å². The highest BCUT2D eigenvalue weighted by Gasteiger charge is 2.32. The summed E-state index contributed by atoms with van der Waals surface area (Å²) in [4.78, 5) is 20.9. The Morgan fingerprint density at radius 1 is 0.833 bits per heavy atom. The average Bonchev–Trinajstić information content (AvgIpc) is 2.54. The van der Waals surface area contributed by atoms with Crippen molar-refractivity contribution in [2.75, 3.05) is 0 Å². The number of alkyl halides is 3. The van der Waals surface area contributed by atoms with Crippen LogP contribution in [-0.4, -0.2) is 27.3 Å². The van der Waals surface area contributed by atoms with Gasteiger partial charge in [0.2, 0.25) is 0 Å². The van der Waals surface area contributed by atoms with Gasteiger partial charge in [0.1, 0.15) is 0 Å². The molecule has 0 radical (unpaired) electrons. The number of aliphatic hydroxyl groups is 1. The molecular formula is C16H13F3O5. The lowest BCUT2D eigenvalue weighted by Gasteiger charge is -2.09. The average molecular weight is 342 g/mol. The van der Waals surface area contributed by atoms with Crippen LogP contribution < -0.4 is 0 Å². The Hall–Kier alpha value is -2.87. The summed E-state index contributed by atoms with van der Waals surface area (Å²) in [6.45, 7) is -0.588. The third-order valence-electron chi connectivity index (χ3n) is 2.88. The molecule has 5 nitrogen and oxygen atoms in total. The monoisotopic (exact) mass is 342 g/mol. The van der Waals surface area contributed by atoms with Gasteiger partial charge in [0.25, 0.3) is 0 Å². The van der Waals surface area contributed by atoms with Crippen molar-refractivity contribution < 1.29 is 38.1 Å². The normalized spacial score (nSPS) is 10.5. The van der Waals surface area contributed by atoms with Gasteiger partial charge in [-0.3, -0.25) is 0 Å². The second-order valence-corrected chi connectivity index (χ2v) is 4.47. The van der Waals surface area contributed by atoms with Crippen molar-refractivity contribution in [2.45, 2.75) is 12.8 Å².